The van der Waals surface area contributed by atoms with E-state index in [0.717, 1.165) is 6.42 Å². The summed E-state index contributed by atoms with van der Waals surface area (Å²) in [7, 11) is -0.446. The first-order valence-corrected chi connectivity index (χ1v) is 8.95. The van der Waals surface area contributed by atoms with Crippen molar-refractivity contribution in [3.8, 4) is 0 Å². The Morgan fingerprint density at radius 1 is 0.600 bits per heavy atom. The standard InChI is InChI=1S/C18H15P.C3H7.2CH3.Au/c1-4-10-16(11-5-1)19(17-12-6-2-7-13-17)18-14-8-3-9-15-18;1-3-2;;;/h1-15H;1,3H2,2H3;2*1H3;/q;3*-1;+3. The van der Waals surface area contributed by atoms with Gasteiger partial charge in [-0.2, -0.15) is 6.42 Å². The van der Waals surface area contributed by atoms with Crippen molar-refractivity contribution in [2.45, 2.75) is 13.3 Å². The van der Waals surface area contributed by atoms with E-state index in [1.165, 1.54) is 15.9 Å². The van der Waals surface area contributed by atoms with Crippen LogP contribution < -0.4 is 15.9 Å². The third kappa shape index (κ3) is 8.17. The Kier molecular flexibility index (Phi) is 15.8. The molecule has 0 unspecified atom stereocenters. The van der Waals surface area contributed by atoms with Crippen molar-refractivity contribution in [1.29, 1.82) is 0 Å². The van der Waals surface area contributed by atoms with Crippen molar-refractivity contribution in [3.63, 3.8) is 0 Å². The molecule has 0 aliphatic carbocycles. The normalized spacial score (nSPS) is 8.76. The summed E-state index contributed by atoms with van der Waals surface area (Å²) in [6.07, 6.45) is 1.00. The van der Waals surface area contributed by atoms with Crippen LogP contribution in [0.4, 0.5) is 0 Å². The van der Waals surface area contributed by atoms with Crippen LogP contribution in [0.2, 0.25) is 0 Å². The van der Waals surface area contributed by atoms with Crippen LogP contribution >= 0.6 is 7.92 Å². The Labute approximate surface area is 172 Å². The summed E-state index contributed by atoms with van der Waals surface area (Å²) in [4.78, 5) is 0. The van der Waals surface area contributed by atoms with Crippen LogP contribution in [0.3, 0.4) is 0 Å². The maximum Gasteiger partial charge on any atom is 3.00 e. The maximum atomic E-state index is 3.49. The van der Waals surface area contributed by atoms with Crippen molar-refractivity contribution in [2.75, 3.05) is 0 Å². The molecular weight excluding hydrogens is 504 g/mol. The van der Waals surface area contributed by atoms with Crippen molar-refractivity contribution in [2.24, 2.45) is 0 Å². The van der Waals surface area contributed by atoms with Gasteiger partial charge in [-0.05, 0) is 23.8 Å². The number of rotatable bonds is 3. The van der Waals surface area contributed by atoms with E-state index in [1.807, 2.05) is 6.92 Å². The molecule has 0 aliphatic heterocycles. The summed E-state index contributed by atoms with van der Waals surface area (Å²) in [5.74, 6) is 0. The molecule has 0 amide bonds. The van der Waals surface area contributed by atoms with Gasteiger partial charge < -0.3 is 21.8 Å². The molecule has 0 spiro atoms. The Hall–Kier alpha value is -1.17. The van der Waals surface area contributed by atoms with Crippen LogP contribution in [-0.2, 0) is 22.4 Å². The van der Waals surface area contributed by atoms with Gasteiger partial charge in [0.1, 0.15) is 0 Å². The molecule has 136 valence electrons. The number of benzene rings is 3. The minimum atomic E-state index is -0.446. The first kappa shape index (κ1) is 26.1. The smallest absolute Gasteiger partial charge is 0.358 e. The predicted molar refractivity (Wildman–Crippen MR) is 114 cm³/mol. The number of hydrogen-bond donors (Lipinski definition) is 0. The molecule has 0 N–H and O–H groups in total. The summed E-state index contributed by atoms with van der Waals surface area (Å²) in [5.41, 5.74) is 0. The Morgan fingerprint density at radius 2 is 0.800 bits per heavy atom. The zero-order chi connectivity index (χ0) is 15.6. The van der Waals surface area contributed by atoms with Crippen LogP contribution in [0.1, 0.15) is 13.3 Å². The fraction of sp³-hybridized carbons (Fsp3) is 0.0870. The zero-order valence-corrected chi connectivity index (χ0v) is 18.4. The van der Waals surface area contributed by atoms with E-state index in [4.69, 9.17) is 0 Å². The molecule has 3 aromatic rings. The predicted octanol–water partition coefficient (Wildman–Crippen LogP) is 5.57. The van der Waals surface area contributed by atoms with Crippen LogP contribution in [0, 0.1) is 21.8 Å². The molecule has 0 aliphatic rings. The number of hydrogen-bond acceptors (Lipinski definition) is 0. The molecule has 3 rings (SSSR count). The second-order valence-electron chi connectivity index (χ2n) is 4.84. The molecule has 0 saturated carbocycles. The fourth-order valence-electron chi connectivity index (χ4n) is 2.18. The van der Waals surface area contributed by atoms with Gasteiger partial charge >= 0.3 is 22.4 Å². The van der Waals surface area contributed by atoms with Crippen molar-refractivity contribution in [1.82, 2.24) is 0 Å². The largest absolute Gasteiger partial charge is 3.00 e. The molecule has 3 aromatic carbocycles. The average Bonchev–Trinajstić information content (AvgIpc) is 2.59. The van der Waals surface area contributed by atoms with Crippen molar-refractivity contribution in [3.05, 3.63) is 113 Å². The van der Waals surface area contributed by atoms with E-state index in [2.05, 4.69) is 97.9 Å². The summed E-state index contributed by atoms with van der Waals surface area (Å²) in [6, 6.07) is 32.3. The molecule has 0 fully saturated rings. The van der Waals surface area contributed by atoms with Gasteiger partial charge in [0, 0.05) is 0 Å². The van der Waals surface area contributed by atoms with E-state index in [0.29, 0.717) is 0 Å². The van der Waals surface area contributed by atoms with Crippen molar-refractivity contribution < 1.29 is 22.4 Å². The van der Waals surface area contributed by atoms with Crippen LogP contribution in [0.5, 0.6) is 0 Å². The Balaban J connectivity index is 0. The van der Waals surface area contributed by atoms with E-state index in [-0.39, 0.29) is 37.2 Å². The molecule has 0 atom stereocenters. The molecule has 0 nitrogen and oxygen atoms in total. The minimum Gasteiger partial charge on any atom is -0.358 e. The Morgan fingerprint density at radius 3 is 1.00 bits per heavy atom. The molecule has 0 heterocycles. The first-order chi connectivity index (χ1) is 10.9. The van der Waals surface area contributed by atoms with E-state index >= 15 is 0 Å². The quantitative estimate of drug-likeness (QED) is 0.235. The molecular formula is C23H28AuP. The summed E-state index contributed by atoms with van der Waals surface area (Å²) < 4.78 is 0. The van der Waals surface area contributed by atoms with Gasteiger partial charge in [0.05, 0.1) is 0 Å². The average molecular weight is 532 g/mol. The van der Waals surface area contributed by atoms with Gasteiger partial charge in [-0.3, -0.25) is 0 Å². The van der Waals surface area contributed by atoms with Crippen molar-refractivity contribution >= 4 is 23.8 Å². The van der Waals surface area contributed by atoms with E-state index in [1.54, 1.807) is 0 Å². The summed E-state index contributed by atoms with van der Waals surface area (Å²) >= 11 is 0. The third-order valence-corrected chi connectivity index (χ3v) is 5.49. The molecule has 0 aromatic heterocycles. The summed E-state index contributed by atoms with van der Waals surface area (Å²) in [6.45, 7) is 5.50. The Bertz CT molecular complexity index is 545. The summed E-state index contributed by atoms with van der Waals surface area (Å²) in [5, 5.41) is 4.19. The topological polar surface area (TPSA) is 0 Å². The third-order valence-electron chi connectivity index (χ3n) is 3.04. The zero-order valence-electron chi connectivity index (χ0n) is 15.3. The van der Waals surface area contributed by atoms with Gasteiger partial charge in [0.15, 0.2) is 0 Å². The van der Waals surface area contributed by atoms with E-state index < -0.39 is 7.92 Å². The van der Waals surface area contributed by atoms with Gasteiger partial charge in [-0.25, -0.2) is 0 Å². The van der Waals surface area contributed by atoms with Crippen LogP contribution in [-0.4, -0.2) is 0 Å². The SMILES string of the molecule is [Au+3].[CH2-]CC.[CH3-].[CH3-].c1ccc(P(c2ccccc2)c2ccccc2)cc1. The second kappa shape index (κ2) is 15.1. The minimum absolute atomic E-state index is 0. The second-order valence-corrected chi connectivity index (χ2v) is 7.06. The molecule has 25 heavy (non-hydrogen) atoms. The van der Waals surface area contributed by atoms with Crippen LogP contribution in [0.25, 0.3) is 0 Å². The van der Waals surface area contributed by atoms with Gasteiger partial charge in [0.2, 0.25) is 0 Å². The molecule has 0 bridgehead atoms. The maximum absolute atomic E-state index is 3.49. The first-order valence-electron chi connectivity index (χ1n) is 7.61. The monoisotopic (exact) mass is 532 g/mol. The van der Waals surface area contributed by atoms with Gasteiger partial charge in [-0.1, -0.05) is 97.9 Å². The van der Waals surface area contributed by atoms with Gasteiger partial charge in [0.25, 0.3) is 0 Å². The molecule has 2 heteroatoms. The fourth-order valence-corrected chi connectivity index (χ4v) is 4.48. The molecule has 0 radical (unpaired) electrons. The molecule has 0 saturated heterocycles. The van der Waals surface area contributed by atoms with Crippen LogP contribution in [0.15, 0.2) is 91.0 Å². The van der Waals surface area contributed by atoms with Gasteiger partial charge in [-0.15, -0.1) is 0 Å². The van der Waals surface area contributed by atoms with E-state index in [9.17, 15) is 0 Å².